The van der Waals surface area contributed by atoms with Gasteiger partial charge in [-0.2, -0.15) is 0 Å². The predicted molar refractivity (Wildman–Crippen MR) is 106 cm³/mol. The van der Waals surface area contributed by atoms with Gasteiger partial charge >= 0.3 is 0 Å². The van der Waals surface area contributed by atoms with E-state index in [4.69, 9.17) is 0 Å². The molecule has 2 aromatic carbocycles. The number of hydrogen-bond acceptors (Lipinski definition) is 4. The van der Waals surface area contributed by atoms with Gasteiger partial charge in [-0.1, -0.05) is 38.1 Å². The number of anilines is 1. The van der Waals surface area contributed by atoms with Crippen molar-refractivity contribution < 1.29 is 9.18 Å². The van der Waals surface area contributed by atoms with Gasteiger partial charge in [0.05, 0.1) is 5.69 Å². The molecule has 1 amide bonds. The largest absolute Gasteiger partial charge is 0.357 e. The monoisotopic (exact) mass is 366 g/mol. The van der Waals surface area contributed by atoms with Gasteiger partial charge in [0.1, 0.15) is 11.9 Å². The van der Waals surface area contributed by atoms with Crippen molar-refractivity contribution >= 4 is 22.6 Å². The first-order valence-corrected chi connectivity index (χ1v) is 8.95. The molecule has 0 aliphatic rings. The first-order chi connectivity index (χ1) is 12.9. The average molecular weight is 366 g/mol. The van der Waals surface area contributed by atoms with Crippen LogP contribution in [0.15, 0.2) is 42.5 Å². The second-order valence-electron chi connectivity index (χ2n) is 6.78. The number of amides is 1. The van der Waals surface area contributed by atoms with Crippen molar-refractivity contribution in [2.75, 3.05) is 12.4 Å². The van der Waals surface area contributed by atoms with E-state index in [1.807, 2.05) is 38.1 Å². The number of carbonyl (C=O) groups excluding carboxylic acids is 1. The third-order valence-corrected chi connectivity index (χ3v) is 4.47. The first-order valence-electron chi connectivity index (χ1n) is 8.95. The Bertz CT molecular complexity index is 987. The lowest BCUT2D eigenvalue weighted by molar-refractivity contribution is -0.121. The number of likely N-dealkylation sites (N-methyl/N-ethyl adjacent to an activating group) is 1. The molecular formula is C21H23FN4O. The molecule has 27 heavy (non-hydrogen) atoms. The number of carbonyl (C=O) groups is 1. The zero-order valence-electron chi connectivity index (χ0n) is 15.9. The summed E-state index contributed by atoms with van der Waals surface area (Å²) in [5.74, 6) is 0.136. The van der Waals surface area contributed by atoms with E-state index in [9.17, 15) is 9.18 Å². The minimum Gasteiger partial charge on any atom is -0.357 e. The summed E-state index contributed by atoms with van der Waals surface area (Å²) in [4.78, 5) is 21.0. The Hall–Kier alpha value is -3.02. The van der Waals surface area contributed by atoms with Crippen LogP contribution >= 0.6 is 0 Å². The second kappa shape index (κ2) is 7.70. The molecule has 0 aliphatic heterocycles. The number of fused-ring (bicyclic) bond motifs is 1. The molecule has 0 saturated heterocycles. The van der Waals surface area contributed by atoms with E-state index in [0.717, 1.165) is 16.6 Å². The van der Waals surface area contributed by atoms with Gasteiger partial charge in [-0.15, -0.1) is 0 Å². The van der Waals surface area contributed by atoms with Gasteiger partial charge in [-0.3, -0.25) is 4.79 Å². The van der Waals surface area contributed by atoms with Crippen molar-refractivity contribution in [1.29, 1.82) is 0 Å². The molecule has 0 radical (unpaired) electrons. The predicted octanol–water partition coefficient (Wildman–Crippen LogP) is 4.11. The standard InChI is InChI=1S/C21H23FN4O/c1-12(2)18-11-19(26-21(25-18)24-13(3)20(27)23-4)16-9-10-17(22)15-8-6-5-7-14(15)16/h5-13H,1-4H3,(H,23,27)(H,24,25,26). The van der Waals surface area contributed by atoms with Crippen LogP contribution < -0.4 is 10.6 Å². The lowest BCUT2D eigenvalue weighted by Gasteiger charge is -2.16. The summed E-state index contributed by atoms with van der Waals surface area (Å²) in [6, 6.07) is 12.0. The SMILES string of the molecule is CNC(=O)C(C)Nc1nc(-c2ccc(F)c3ccccc23)cc(C(C)C)n1. The van der Waals surface area contributed by atoms with Crippen LogP contribution in [-0.4, -0.2) is 29.0 Å². The maximum absolute atomic E-state index is 14.2. The Morgan fingerprint density at radius 3 is 2.41 bits per heavy atom. The van der Waals surface area contributed by atoms with Crippen molar-refractivity contribution in [3.05, 3.63) is 54.0 Å². The Balaban J connectivity index is 2.13. The smallest absolute Gasteiger partial charge is 0.242 e. The zero-order valence-corrected chi connectivity index (χ0v) is 15.9. The minimum absolute atomic E-state index is 0.151. The molecule has 0 bridgehead atoms. The number of nitrogens with zero attached hydrogens (tertiary/aromatic N) is 2. The lowest BCUT2D eigenvalue weighted by atomic mass is 10.00. The minimum atomic E-state index is -0.477. The van der Waals surface area contributed by atoms with E-state index in [-0.39, 0.29) is 17.6 Å². The van der Waals surface area contributed by atoms with Crippen LogP contribution in [0.2, 0.25) is 0 Å². The normalized spacial score (nSPS) is 12.2. The number of halogens is 1. The Morgan fingerprint density at radius 2 is 1.74 bits per heavy atom. The highest BCUT2D eigenvalue weighted by Crippen LogP contribution is 2.31. The molecule has 140 valence electrons. The maximum atomic E-state index is 14.2. The highest BCUT2D eigenvalue weighted by molar-refractivity contribution is 5.96. The molecule has 3 rings (SSSR count). The van der Waals surface area contributed by atoms with Crippen molar-refractivity contribution in [3.8, 4) is 11.3 Å². The highest BCUT2D eigenvalue weighted by Gasteiger charge is 2.16. The van der Waals surface area contributed by atoms with Gasteiger partial charge < -0.3 is 10.6 Å². The van der Waals surface area contributed by atoms with Crippen LogP contribution in [0.25, 0.3) is 22.0 Å². The number of rotatable bonds is 5. The Labute approximate surface area is 158 Å². The number of nitrogens with one attached hydrogen (secondary N) is 2. The van der Waals surface area contributed by atoms with E-state index >= 15 is 0 Å². The van der Waals surface area contributed by atoms with Gasteiger partial charge in [0.2, 0.25) is 11.9 Å². The third kappa shape index (κ3) is 3.89. The molecule has 0 saturated carbocycles. The molecule has 1 aromatic heterocycles. The van der Waals surface area contributed by atoms with Crippen LogP contribution in [0.3, 0.4) is 0 Å². The Kier molecular flexibility index (Phi) is 5.35. The van der Waals surface area contributed by atoms with E-state index in [1.54, 1.807) is 26.1 Å². The average Bonchev–Trinajstić information content (AvgIpc) is 2.67. The zero-order chi connectivity index (χ0) is 19.6. The van der Waals surface area contributed by atoms with Crippen molar-refractivity contribution in [2.45, 2.75) is 32.7 Å². The quantitative estimate of drug-likeness (QED) is 0.713. The fraction of sp³-hybridized carbons (Fsp3) is 0.286. The molecular weight excluding hydrogens is 343 g/mol. The van der Waals surface area contributed by atoms with Gasteiger partial charge in [-0.25, -0.2) is 14.4 Å². The summed E-state index contributed by atoms with van der Waals surface area (Å²) in [5, 5.41) is 6.99. The Morgan fingerprint density at radius 1 is 1.04 bits per heavy atom. The van der Waals surface area contributed by atoms with Crippen LogP contribution in [0, 0.1) is 5.82 Å². The van der Waals surface area contributed by atoms with Gasteiger partial charge in [0, 0.05) is 23.7 Å². The summed E-state index contributed by atoms with van der Waals surface area (Å²) in [7, 11) is 1.59. The molecule has 2 N–H and O–H groups in total. The topological polar surface area (TPSA) is 66.9 Å². The van der Waals surface area contributed by atoms with Gasteiger partial charge in [0.25, 0.3) is 0 Å². The molecule has 6 heteroatoms. The van der Waals surface area contributed by atoms with Crippen LogP contribution in [0.1, 0.15) is 32.4 Å². The highest BCUT2D eigenvalue weighted by atomic mass is 19.1. The molecule has 1 heterocycles. The van der Waals surface area contributed by atoms with Crippen LogP contribution in [-0.2, 0) is 4.79 Å². The summed E-state index contributed by atoms with van der Waals surface area (Å²) in [5.41, 5.74) is 2.36. The van der Waals surface area contributed by atoms with E-state index in [0.29, 0.717) is 17.0 Å². The molecule has 0 spiro atoms. The summed E-state index contributed by atoms with van der Waals surface area (Å²) >= 11 is 0. The summed E-state index contributed by atoms with van der Waals surface area (Å²) < 4.78 is 14.2. The first kappa shape index (κ1) is 18.8. The fourth-order valence-corrected chi connectivity index (χ4v) is 2.93. The van der Waals surface area contributed by atoms with Gasteiger partial charge in [0.15, 0.2) is 0 Å². The van der Waals surface area contributed by atoms with E-state index in [2.05, 4.69) is 20.6 Å². The van der Waals surface area contributed by atoms with E-state index in [1.165, 1.54) is 6.07 Å². The second-order valence-corrected chi connectivity index (χ2v) is 6.78. The molecule has 1 unspecified atom stereocenters. The summed E-state index contributed by atoms with van der Waals surface area (Å²) in [6.45, 7) is 5.83. The fourth-order valence-electron chi connectivity index (χ4n) is 2.93. The lowest BCUT2D eigenvalue weighted by Crippen LogP contribution is -2.35. The van der Waals surface area contributed by atoms with Crippen molar-refractivity contribution in [1.82, 2.24) is 15.3 Å². The van der Waals surface area contributed by atoms with E-state index < -0.39 is 6.04 Å². The molecule has 3 aromatic rings. The number of aromatic nitrogens is 2. The van der Waals surface area contributed by atoms with Crippen molar-refractivity contribution in [2.24, 2.45) is 0 Å². The number of hydrogen-bond donors (Lipinski definition) is 2. The molecule has 0 aliphatic carbocycles. The van der Waals surface area contributed by atoms with Gasteiger partial charge in [-0.05, 0) is 36.4 Å². The molecule has 0 fully saturated rings. The molecule has 5 nitrogen and oxygen atoms in total. The van der Waals surface area contributed by atoms with Crippen LogP contribution in [0.5, 0.6) is 0 Å². The summed E-state index contributed by atoms with van der Waals surface area (Å²) in [6.07, 6.45) is 0. The van der Waals surface area contributed by atoms with Crippen LogP contribution in [0.4, 0.5) is 10.3 Å². The maximum Gasteiger partial charge on any atom is 0.242 e. The number of benzene rings is 2. The molecule has 1 atom stereocenters. The third-order valence-electron chi connectivity index (χ3n) is 4.47. The van der Waals surface area contributed by atoms with Crippen molar-refractivity contribution in [3.63, 3.8) is 0 Å².